The van der Waals surface area contributed by atoms with E-state index < -0.39 is 0 Å². The van der Waals surface area contributed by atoms with Crippen molar-refractivity contribution >= 4 is 22.5 Å². The fourth-order valence-corrected chi connectivity index (χ4v) is 3.04. The average molecular weight is 321 g/mol. The van der Waals surface area contributed by atoms with Crippen LogP contribution >= 0.6 is 11.6 Å². The Morgan fingerprint density at radius 2 is 2.05 bits per heavy atom. The van der Waals surface area contributed by atoms with Crippen molar-refractivity contribution in [1.29, 1.82) is 0 Å². The van der Waals surface area contributed by atoms with E-state index in [2.05, 4.69) is 16.9 Å². The number of benzene rings is 1. The fraction of sp³-hybridized carbons (Fsp3) is 0.471. The summed E-state index contributed by atoms with van der Waals surface area (Å²) in [5.74, 6) is 2.04. The molecule has 1 aromatic heterocycles. The third kappa shape index (κ3) is 3.28. The molecule has 1 aliphatic rings. The number of rotatable bonds is 4. The van der Waals surface area contributed by atoms with E-state index in [1.807, 2.05) is 12.1 Å². The van der Waals surface area contributed by atoms with Gasteiger partial charge in [-0.1, -0.05) is 11.6 Å². The number of ether oxygens (including phenoxy) is 2. The quantitative estimate of drug-likeness (QED) is 0.862. The normalized spacial score (nSPS) is 16.9. The Morgan fingerprint density at radius 3 is 2.77 bits per heavy atom. The van der Waals surface area contributed by atoms with E-state index in [0.717, 1.165) is 36.3 Å². The molecule has 1 aliphatic heterocycles. The van der Waals surface area contributed by atoms with Gasteiger partial charge in [-0.15, -0.1) is 0 Å². The van der Waals surface area contributed by atoms with Gasteiger partial charge in [0.2, 0.25) is 0 Å². The second kappa shape index (κ2) is 6.71. The maximum absolute atomic E-state index is 6.21. The van der Waals surface area contributed by atoms with Gasteiger partial charge >= 0.3 is 0 Å². The first-order valence-corrected chi connectivity index (χ1v) is 7.99. The molecule has 0 saturated carbocycles. The predicted molar refractivity (Wildman–Crippen MR) is 89.0 cm³/mol. The SMILES string of the molecule is COc1cc2c(Cl)ccnc2cc1OCC1CCN(C)CC1. The number of piperidine rings is 1. The Balaban J connectivity index is 1.78. The van der Waals surface area contributed by atoms with Crippen molar-refractivity contribution in [2.45, 2.75) is 12.8 Å². The van der Waals surface area contributed by atoms with Crippen molar-refractivity contribution in [3.63, 3.8) is 0 Å². The largest absolute Gasteiger partial charge is 0.493 e. The molecule has 3 rings (SSSR count). The second-order valence-electron chi connectivity index (χ2n) is 5.87. The van der Waals surface area contributed by atoms with E-state index in [9.17, 15) is 0 Å². The van der Waals surface area contributed by atoms with Crippen LogP contribution in [0.15, 0.2) is 24.4 Å². The number of pyridine rings is 1. The Labute approximate surface area is 136 Å². The van der Waals surface area contributed by atoms with Crippen molar-refractivity contribution < 1.29 is 9.47 Å². The average Bonchev–Trinajstić information content (AvgIpc) is 2.54. The van der Waals surface area contributed by atoms with E-state index in [0.29, 0.717) is 16.7 Å². The lowest BCUT2D eigenvalue weighted by molar-refractivity contribution is 0.157. The lowest BCUT2D eigenvalue weighted by atomic mass is 9.98. The monoisotopic (exact) mass is 320 g/mol. The van der Waals surface area contributed by atoms with Gasteiger partial charge in [0.15, 0.2) is 11.5 Å². The summed E-state index contributed by atoms with van der Waals surface area (Å²) in [4.78, 5) is 6.72. The van der Waals surface area contributed by atoms with Gasteiger partial charge in [0.25, 0.3) is 0 Å². The lowest BCUT2D eigenvalue weighted by Gasteiger charge is -2.28. The number of methoxy groups -OCH3 is 1. The smallest absolute Gasteiger partial charge is 0.163 e. The molecular weight excluding hydrogens is 300 g/mol. The first-order chi connectivity index (χ1) is 10.7. The summed E-state index contributed by atoms with van der Waals surface area (Å²) >= 11 is 6.21. The topological polar surface area (TPSA) is 34.6 Å². The number of fused-ring (bicyclic) bond motifs is 1. The third-order valence-corrected chi connectivity index (χ3v) is 4.62. The van der Waals surface area contributed by atoms with Gasteiger partial charge in [0.05, 0.1) is 24.3 Å². The number of likely N-dealkylation sites (tertiary alicyclic amines) is 1. The molecule has 5 heteroatoms. The van der Waals surface area contributed by atoms with Crippen LogP contribution in [-0.2, 0) is 0 Å². The van der Waals surface area contributed by atoms with Gasteiger partial charge in [-0.25, -0.2) is 0 Å². The molecule has 1 saturated heterocycles. The molecule has 0 atom stereocenters. The first kappa shape index (κ1) is 15.4. The summed E-state index contributed by atoms with van der Waals surface area (Å²) in [7, 11) is 3.81. The summed E-state index contributed by atoms with van der Waals surface area (Å²) < 4.78 is 11.5. The van der Waals surface area contributed by atoms with E-state index >= 15 is 0 Å². The minimum atomic E-state index is 0.601. The van der Waals surface area contributed by atoms with Crippen molar-refractivity contribution in [1.82, 2.24) is 9.88 Å². The van der Waals surface area contributed by atoms with Crippen LogP contribution in [0.5, 0.6) is 11.5 Å². The van der Waals surface area contributed by atoms with Crippen molar-refractivity contribution in [3.05, 3.63) is 29.4 Å². The number of aromatic nitrogens is 1. The molecule has 0 radical (unpaired) electrons. The highest BCUT2D eigenvalue weighted by Gasteiger charge is 2.18. The van der Waals surface area contributed by atoms with Crippen LogP contribution in [0.4, 0.5) is 0 Å². The maximum Gasteiger partial charge on any atom is 0.163 e. The Kier molecular flexibility index (Phi) is 4.69. The highest BCUT2D eigenvalue weighted by molar-refractivity contribution is 6.35. The van der Waals surface area contributed by atoms with Crippen LogP contribution in [0.3, 0.4) is 0 Å². The van der Waals surface area contributed by atoms with E-state index in [1.165, 1.54) is 12.8 Å². The molecule has 2 aromatic rings. The number of hydrogen-bond acceptors (Lipinski definition) is 4. The predicted octanol–water partition coefficient (Wildman–Crippen LogP) is 3.62. The Bertz CT molecular complexity index is 654. The molecular formula is C17H21ClN2O2. The van der Waals surface area contributed by atoms with E-state index in [1.54, 1.807) is 19.4 Å². The Morgan fingerprint density at radius 1 is 1.27 bits per heavy atom. The van der Waals surface area contributed by atoms with Gasteiger partial charge in [0.1, 0.15) is 0 Å². The molecule has 1 aromatic carbocycles. The lowest BCUT2D eigenvalue weighted by Crippen LogP contribution is -2.32. The molecule has 118 valence electrons. The van der Waals surface area contributed by atoms with E-state index in [4.69, 9.17) is 21.1 Å². The van der Waals surface area contributed by atoms with Gasteiger partial charge in [-0.05, 0) is 51.0 Å². The first-order valence-electron chi connectivity index (χ1n) is 7.61. The molecule has 0 N–H and O–H groups in total. The van der Waals surface area contributed by atoms with Gasteiger partial charge < -0.3 is 14.4 Å². The van der Waals surface area contributed by atoms with Crippen molar-refractivity contribution in [3.8, 4) is 11.5 Å². The zero-order valence-corrected chi connectivity index (χ0v) is 13.8. The highest BCUT2D eigenvalue weighted by Crippen LogP contribution is 2.35. The molecule has 4 nitrogen and oxygen atoms in total. The van der Waals surface area contributed by atoms with Gasteiger partial charge in [-0.2, -0.15) is 0 Å². The summed E-state index contributed by atoms with van der Waals surface area (Å²) in [6.07, 6.45) is 4.06. The molecule has 0 aliphatic carbocycles. The van der Waals surface area contributed by atoms with Crippen LogP contribution in [0, 0.1) is 5.92 Å². The molecule has 22 heavy (non-hydrogen) atoms. The molecule has 0 spiro atoms. The summed E-state index contributed by atoms with van der Waals surface area (Å²) in [5.41, 5.74) is 0.826. The molecule has 0 amide bonds. The van der Waals surface area contributed by atoms with Crippen LogP contribution in [0.2, 0.25) is 5.02 Å². The minimum absolute atomic E-state index is 0.601. The zero-order chi connectivity index (χ0) is 15.5. The molecule has 0 bridgehead atoms. The standard InChI is InChI=1S/C17H21ClN2O2/c1-20-7-4-12(5-8-20)11-22-17-10-15-13(9-16(17)21-2)14(18)3-6-19-15/h3,6,9-10,12H,4-5,7-8,11H2,1-2H3. The molecule has 2 heterocycles. The maximum atomic E-state index is 6.21. The second-order valence-corrected chi connectivity index (χ2v) is 6.28. The minimum Gasteiger partial charge on any atom is -0.493 e. The number of hydrogen-bond donors (Lipinski definition) is 0. The number of halogens is 1. The highest BCUT2D eigenvalue weighted by atomic mass is 35.5. The Hall–Kier alpha value is -1.52. The van der Waals surface area contributed by atoms with Crippen LogP contribution in [0.1, 0.15) is 12.8 Å². The van der Waals surface area contributed by atoms with Gasteiger partial charge in [-0.3, -0.25) is 4.98 Å². The molecule has 1 fully saturated rings. The van der Waals surface area contributed by atoms with Crippen LogP contribution < -0.4 is 9.47 Å². The third-order valence-electron chi connectivity index (χ3n) is 4.29. The van der Waals surface area contributed by atoms with Crippen molar-refractivity contribution in [2.75, 3.05) is 33.9 Å². The molecule has 0 unspecified atom stereocenters. The van der Waals surface area contributed by atoms with Crippen molar-refractivity contribution in [2.24, 2.45) is 5.92 Å². The van der Waals surface area contributed by atoms with E-state index in [-0.39, 0.29) is 0 Å². The van der Waals surface area contributed by atoms with Crippen LogP contribution in [0.25, 0.3) is 10.9 Å². The number of nitrogens with zero attached hydrogens (tertiary/aromatic N) is 2. The fourth-order valence-electron chi connectivity index (χ4n) is 2.83. The summed E-state index contributed by atoms with van der Waals surface area (Å²) in [6.45, 7) is 3.00. The zero-order valence-electron chi connectivity index (χ0n) is 13.0. The summed E-state index contributed by atoms with van der Waals surface area (Å²) in [6, 6.07) is 5.59. The summed E-state index contributed by atoms with van der Waals surface area (Å²) in [5, 5.41) is 1.55. The van der Waals surface area contributed by atoms with Gasteiger partial charge in [0, 0.05) is 17.6 Å². The van der Waals surface area contributed by atoms with Crippen LogP contribution in [-0.4, -0.2) is 43.7 Å².